The van der Waals surface area contributed by atoms with Crippen molar-refractivity contribution >= 4 is 39.3 Å². The molecular formula is C54H34F6N2O2. The average molecular weight is 857 g/mol. The molecule has 10 rings (SSSR count). The molecule has 314 valence electrons. The molecule has 64 heavy (non-hydrogen) atoms. The Hall–Kier alpha value is -7.72. The van der Waals surface area contributed by atoms with E-state index in [1.165, 1.54) is 6.07 Å². The smallest absolute Gasteiger partial charge is 0.307 e. The molecule has 0 bridgehead atoms. The van der Waals surface area contributed by atoms with Crippen molar-refractivity contribution in [3.8, 4) is 50.2 Å². The van der Waals surface area contributed by atoms with Gasteiger partial charge < -0.3 is 4.57 Å². The molecule has 0 radical (unpaired) electrons. The van der Waals surface area contributed by atoms with Gasteiger partial charge in [0.2, 0.25) is 0 Å². The highest BCUT2D eigenvalue weighted by Gasteiger charge is 2.42. The number of carbonyl (C=O) groups is 2. The second-order valence-corrected chi connectivity index (χ2v) is 16.0. The summed E-state index contributed by atoms with van der Waals surface area (Å²) < 4.78 is 88.5. The number of rotatable bonds is 6. The zero-order valence-electron chi connectivity index (χ0n) is 34.1. The minimum atomic E-state index is -5.18. The van der Waals surface area contributed by atoms with E-state index in [9.17, 15) is 31.1 Å². The second kappa shape index (κ2) is 15.0. The number of hydrogen-bond acceptors (Lipinski definition) is 2. The number of fused-ring (bicyclic) bond motifs is 4. The first-order valence-corrected chi connectivity index (χ1v) is 20.4. The largest absolute Gasteiger partial charge is 0.417 e. The lowest BCUT2D eigenvalue weighted by Crippen LogP contribution is -2.29. The summed E-state index contributed by atoms with van der Waals surface area (Å²) in [5, 5.41) is 1.10. The molecule has 0 N–H and O–H groups in total. The third-order valence-corrected chi connectivity index (χ3v) is 11.9. The van der Waals surface area contributed by atoms with Gasteiger partial charge in [0.1, 0.15) is 0 Å². The van der Waals surface area contributed by atoms with Crippen LogP contribution in [0.5, 0.6) is 0 Å². The molecule has 9 aromatic rings. The van der Waals surface area contributed by atoms with Gasteiger partial charge in [-0.05, 0) is 95.3 Å². The third-order valence-electron chi connectivity index (χ3n) is 11.9. The predicted octanol–water partition coefficient (Wildman–Crippen LogP) is 14.9. The van der Waals surface area contributed by atoms with Crippen LogP contribution in [0.15, 0.2) is 170 Å². The van der Waals surface area contributed by atoms with Gasteiger partial charge in [-0.25, -0.2) is 4.90 Å². The third kappa shape index (κ3) is 6.64. The number of aromatic nitrogens is 1. The number of alkyl halides is 6. The van der Waals surface area contributed by atoms with Crippen molar-refractivity contribution in [2.75, 3.05) is 4.90 Å². The van der Waals surface area contributed by atoms with Crippen LogP contribution >= 0.6 is 0 Å². The number of aryl methyl sites for hydroxylation is 2. The first-order valence-electron chi connectivity index (χ1n) is 20.4. The van der Waals surface area contributed by atoms with Crippen LogP contribution in [0.25, 0.3) is 72.0 Å². The first kappa shape index (κ1) is 40.4. The van der Waals surface area contributed by atoms with E-state index < -0.39 is 40.9 Å². The molecule has 2 heterocycles. The van der Waals surface area contributed by atoms with Gasteiger partial charge >= 0.3 is 12.4 Å². The van der Waals surface area contributed by atoms with E-state index in [0.717, 1.165) is 49.9 Å². The lowest BCUT2D eigenvalue weighted by Gasteiger charge is -2.20. The van der Waals surface area contributed by atoms with Gasteiger partial charge in [0.05, 0.1) is 44.7 Å². The van der Waals surface area contributed by atoms with Gasteiger partial charge in [-0.15, -0.1) is 0 Å². The van der Waals surface area contributed by atoms with Crippen LogP contribution < -0.4 is 4.90 Å². The molecule has 0 spiro atoms. The molecule has 4 nitrogen and oxygen atoms in total. The average Bonchev–Trinajstić information content (AvgIpc) is 3.76. The molecular weight excluding hydrogens is 823 g/mol. The highest BCUT2D eigenvalue weighted by Crippen LogP contribution is 2.48. The number of para-hydroxylation sites is 2. The molecule has 10 heteroatoms. The van der Waals surface area contributed by atoms with Gasteiger partial charge in [-0.2, -0.15) is 26.3 Å². The fourth-order valence-electron chi connectivity index (χ4n) is 9.12. The Bertz CT molecular complexity index is 3310. The summed E-state index contributed by atoms with van der Waals surface area (Å²) in [7, 11) is 0. The van der Waals surface area contributed by atoms with Crippen LogP contribution in [0.3, 0.4) is 0 Å². The normalized spacial score (nSPS) is 13.0. The first-order chi connectivity index (χ1) is 30.7. The number of hydrogen-bond donors (Lipinski definition) is 0. The van der Waals surface area contributed by atoms with E-state index in [-0.39, 0.29) is 34.0 Å². The molecule has 0 saturated carbocycles. The molecule has 2 amide bonds. The Kier molecular flexibility index (Phi) is 9.44. The number of imide groups is 1. The summed E-state index contributed by atoms with van der Waals surface area (Å²) in [6, 6.07) is 47.3. The Morgan fingerprint density at radius 2 is 0.984 bits per heavy atom. The molecule has 0 aliphatic carbocycles. The Morgan fingerprint density at radius 3 is 1.55 bits per heavy atom. The van der Waals surface area contributed by atoms with Crippen LogP contribution in [-0.4, -0.2) is 16.4 Å². The predicted molar refractivity (Wildman–Crippen MR) is 240 cm³/mol. The lowest BCUT2D eigenvalue weighted by atomic mass is 9.94. The van der Waals surface area contributed by atoms with Crippen LogP contribution in [0, 0.1) is 13.8 Å². The van der Waals surface area contributed by atoms with Gasteiger partial charge in [-0.3, -0.25) is 9.59 Å². The Labute approximate surface area is 363 Å². The Balaban J connectivity index is 1.27. The standard InChI is InChI=1S/C54H34F6N2O2/c1-31-22-24-39(32(2)26-31)41-16-9-18-43-44-19-10-17-42(40-25-23-37(53(55,56)57)30-46(40)54(58,59)60)50(44)62(49(41)43)47-21-11-20-45-48(47)52(64)61(51(45)63)38-28-35(33-12-5-3-6-13-33)27-36(29-38)34-14-7-4-8-15-34/h3-30H,1-2H3. The minimum Gasteiger partial charge on any atom is -0.307 e. The second-order valence-electron chi connectivity index (χ2n) is 16.0. The molecule has 1 aliphatic rings. The number of halogens is 6. The number of amides is 2. The number of nitrogens with zero attached hydrogens (tertiary/aromatic N) is 2. The van der Waals surface area contributed by atoms with E-state index in [4.69, 9.17) is 0 Å². The maximum atomic E-state index is 15.2. The highest BCUT2D eigenvalue weighted by atomic mass is 19.4. The molecule has 8 aromatic carbocycles. The van der Waals surface area contributed by atoms with E-state index in [2.05, 4.69) is 0 Å². The molecule has 0 atom stereocenters. The maximum Gasteiger partial charge on any atom is 0.417 e. The van der Waals surface area contributed by atoms with Gasteiger partial charge in [0, 0.05) is 21.9 Å². The molecule has 1 aromatic heterocycles. The van der Waals surface area contributed by atoms with Crippen LogP contribution in [-0.2, 0) is 12.4 Å². The number of benzene rings is 8. The fraction of sp³-hybridized carbons (Fsp3) is 0.0741. The summed E-state index contributed by atoms with van der Waals surface area (Å²) in [4.78, 5) is 31.1. The van der Waals surface area contributed by atoms with Gasteiger partial charge in [0.15, 0.2) is 0 Å². The van der Waals surface area contributed by atoms with Crippen molar-refractivity contribution in [2.24, 2.45) is 0 Å². The van der Waals surface area contributed by atoms with E-state index in [1.54, 1.807) is 47.0 Å². The van der Waals surface area contributed by atoms with E-state index >= 15 is 4.79 Å². The summed E-state index contributed by atoms with van der Waals surface area (Å²) in [6.07, 6.45) is -10.2. The van der Waals surface area contributed by atoms with E-state index in [0.29, 0.717) is 33.6 Å². The van der Waals surface area contributed by atoms with Crippen LogP contribution in [0.4, 0.5) is 32.0 Å². The van der Waals surface area contributed by atoms with Crippen molar-refractivity contribution in [1.29, 1.82) is 0 Å². The molecule has 0 fully saturated rings. The van der Waals surface area contributed by atoms with Crippen molar-refractivity contribution in [2.45, 2.75) is 26.2 Å². The lowest BCUT2D eigenvalue weighted by molar-refractivity contribution is -0.142. The van der Waals surface area contributed by atoms with Gasteiger partial charge in [0.25, 0.3) is 11.8 Å². The Morgan fingerprint density at radius 1 is 0.438 bits per heavy atom. The van der Waals surface area contributed by atoms with Crippen LogP contribution in [0.1, 0.15) is 43.0 Å². The topological polar surface area (TPSA) is 42.3 Å². The molecule has 0 saturated heterocycles. The molecule has 1 aliphatic heterocycles. The fourth-order valence-corrected chi connectivity index (χ4v) is 9.12. The molecule has 0 unspecified atom stereocenters. The summed E-state index contributed by atoms with van der Waals surface area (Å²) in [6.45, 7) is 3.91. The summed E-state index contributed by atoms with van der Waals surface area (Å²) >= 11 is 0. The summed E-state index contributed by atoms with van der Waals surface area (Å²) in [5.74, 6) is -1.24. The zero-order chi connectivity index (χ0) is 44.7. The van der Waals surface area contributed by atoms with Crippen molar-refractivity contribution < 1.29 is 35.9 Å². The number of anilines is 1. The monoisotopic (exact) mass is 856 g/mol. The highest BCUT2D eigenvalue weighted by molar-refractivity contribution is 6.36. The quantitative estimate of drug-likeness (QED) is 0.123. The van der Waals surface area contributed by atoms with Crippen molar-refractivity contribution in [3.05, 3.63) is 203 Å². The summed E-state index contributed by atoms with van der Waals surface area (Å²) in [5.41, 5.74) is 4.63. The maximum absolute atomic E-state index is 15.2. The van der Waals surface area contributed by atoms with E-state index in [1.807, 2.05) is 117 Å². The van der Waals surface area contributed by atoms with Crippen LogP contribution in [0.2, 0.25) is 0 Å². The zero-order valence-corrected chi connectivity index (χ0v) is 34.1. The SMILES string of the molecule is Cc1ccc(-c2cccc3c4cccc(-c5ccc(C(F)(F)F)cc5C(F)(F)F)c4n(-c4cccc5c4C(=O)N(c4cc(-c6ccccc6)cc(-c6ccccc6)c4)C5=O)c23)c(C)c1. The van der Waals surface area contributed by atoms with Crippen molar-refractivity contribution in [3.63, 3.8) is 0 Å². The minimum absolute atomic E-state index is 0.0179. The van der Waals surface area contributed by atoms with Crippen molar-refractivity contribution in [1.82, 2.24) is 4.57 Å². The van der Waals surface area contributed by atoms with Gasteiger partial charge in [-0.1, -0.05) is 133 Å². The number of carbonyl (C=O) groups excluding carboxylic acids is 2.